The van der Waals surface area contributed by atoms with E-state index in [1.807, 2.05) is 18.2 Å². The Labute approximate surface area is 138 Å². The Hall–Kier alpha value is -3.12. The highest BCUT2D eigenvalue weighted by Crippen LogP contribution is 2.27. The van der Waals surface area contributed by atoms with E-state index in [2.05, 4.69) is 10.3 Å². The first-order valence-corrected chi connectivity index (χ1v) is 7.38. The first kappa shape index (κ1) is 15.8. The normalized spacial score (nSPS) is 10.7. The molecule has 0 unspecified atom stereocenters. The van der Waals surface area contributed by atoms with Gasteiger partial charge in [0.05, 0.1) is 6.54 Å². The van der Waals surface area contributed by atoms with Crippen molar-refractivity contribution < 1.29 is 19.4 Å². The lowest BCUT2D eigenvalue weighted by Crippen LogP contribution is -2.12. The minimum absolute atomic E-state index is 0.153. The van der Waals surface area contributed by atoms with Crippen molar-refractivity contribution in [1.82, 2.24) is 10.3 Å². The number of aromatic nitrogens is 1. The monoisotopic (exact) mass is 324 g/mol. The van der Waals surface area contributed by atoms with Crippen LogP contribution in [0.25, 0.3) is 11.3 Å². The summed E-state index contributed by atoms with van der Waals surface area (Å²) < 4.78 is 5.73. The Kier molecular flexibility index (Phi) is 4.58. The molecule has 24 heavy (non-hydrogen) atoms. The summed E-state index contributed by atoms with van der Waals surface area (Å²) in [6, 6.07) is 11.8. The van der Waals surface area contributed by atoms with Crippen molar-refractivity contribution in [2.45, 2.75) is 13.1 Å². The molecule has 2 aromatic heterocycles. The van der Waals surface area contributed by atoms with E-state index in [0.717, 1.165) is 11.3 Å². The zero-order valence-electron chi connectivity index (χ0n) is 12.8. The second-order valence-electron chi connectivity index (χ2n) is 5.27. The molecular weight excluding hydrogens is 308 g/mol. The van der Waals surface area contributed by atoms with E-state index in [1.54, 1.807) is 24.5 Å². The largest absolute Gasteiger partial charge is 0.507 e. The zero-order chi connectivity index (χ0) is 16.9. The van der Waals surface area contributed by atoms with Crippen molar-refractivity contribution in [3.05, 3.63) is 71.7 Å². The SMILES string of the molecule is O=C(O)c1cc(-c2ccc(CNCc3cccnc3)o2)ccc1O. The van der Waals surface area contributed by atoms with E-state index in [4.69, 9.17) is 9.52 Å². The van der Waals surface area contributed by atoms with Crippen LogP contribution in [0, 0.1) is 0 Å². The Morgan fingerprint density at radius 1 is 1.17 bits per heavy atom. The second kappa shape index (κ2) is 6.97. The molecule has 3 N–H and O–H groups in total. The highest BCUT2D eigenvalue weighted by molar-refractivity contribution is 5.92. The number of aromatic carboxylic acids is 1. The predicted octanol–water partition coefficient (Wildman–Crippen LogP) is 3.04. The smallest absolute Gasteiger partial charge is 0.339 e. The molecule has 2 heterocycles. The summed E-state index contributed by atoms with van der Waals surface area (Å²) in [6.45, 7) is 1.21. The molecule has 3 aromatic rings. The van der Waals surface area contributed by atoms with E-state index in [0.29, 0.717) is 24.4 Å². The Balaban J connectivity index is 1.67. The summed E-state index contributed by atoms with van der Waals surface area (Å²) in [4.78, 5) is 15.1. The van der Waals surface area contributed by atoms with Crippen LogP contribution in [0.3, 0.4) is 0 Å². The van der Waals surface area contributed by atoms with Crippen molar-refractivity contribution in [1.29, 1.82) is 0 Å². The Morgan fingerprint density at radius 2 is 2.04 bits per heavy atom. The molecule has 3 rings (SSSR count). The number of carboxylic acid groups (broad SMARTS) is 1. The summed E-state index contributed by atoms with van der Waals surface area (Å²) in [5.74, 6) is -0.162. The van der Waals surface area contributed by atoms with Gasteiger partial charge in [0.2, 0.25) is 0 Å². The number of pyridine rings is 1. The molecule has 0 bridgehead atoms. The minimum Gasteiger partial charge on any atom is -0.507 e. The number of carboxylic acids is 1. The van der Waals surface area contributed by atoms with E-state index in [9.17, 15) is 9.90 Å². The summed E-state index contributed by atoms with van der Waals surface area (Å²) in [5.41, 5.74) is 1.53. The van der Waals surface area contributed by atoms with Crippen LogP contribution < -0.4 is 5.32 Å². The van der Waals surface area contributed by atoms with Crippen molar-refractivity contribution >= 4 is 5.97 Å². The third-order valence-electron chi connectivity index (χ3n) is 3.52. The van der Waals surface area contributed by atoms with E-state index < -0.39 is 5.97 Å². The highest BCUT2D eigenvalue weighted by atomic mass is 16.4. The molecule has 6 nitrogen and oxygen atoms in total. The van der Waals surface area contributed by atoms with Gasteiger partial charge in [0.15, 0.2) is 0 Å². The fourth-order valence-electron chi connectivity index (χ4n) is 2.32. The maximum atomic E-state index is 11.1. The third-order valence-corrected chi connectivity index (χ3v) is 3.52. The minimum atomic E-state index is -1.18. The molecule has 0 fully saturated rings. The lowest BCUT2D eigenvalue weighted by atomic mass is 10.1. The molecule has 1 aromatic carbocycles. The molecule has 6 heteroatoms. The fraction of sp³-hybridized carbons (Fsp3) is 0.111. The highest BCUT2D eigenvalue weighted by Gasteiger charge is 2.13. The molecule has 0 amide bonds. The predicted molar refractivity (Wildman–Crippen MR) is 87.5 cm³/mol. The average Bonchev–Trinajstić information content (AvgIpc) is 3.05. The van der Waals surface area contributed by atoms with Crippen molar-refractivity contribution in [3.63, 3.8) is 0 Å². The first-order valence-electron chi connectivity index (χ1n) is 7.38. The number of carbonyl (C=O) groups is 1. The van der Waals surface area contributed by atoms with Crippen molar-refractivity contribution in [3.8, 4) is 17.1 Å². The number of rotatable bonds is 6. The van der Waals surface area contributed by atoms with Crippen molar-refractivity contribution in [2.24, 2.45) is 0 Å². The maximum Gasteiger partial charge on any atom is 0.339 e. The quantitative estimate of drug-likeness (QED) is 0.645. The number of furan rings is 1. The lowest BCUT2D eigenvalue weighted by Gasteiger charge is -2.04. The summed E-state index contributed by atoms with van der Waals surface area (Å²) in [5, 5.41) is 21.9. The van der Waals surface area contributed by atoms with Crippen LogP contribution in [0.5, 0.6) is 5.75 Å². The molecule has 0 spiro atoms. The molecule has 0 aliphatic heterocycles. The number of nitrogens with zero attached hydrogens (tertiary/aromatic N) is 1. The standard InChI is InChI=1S/C18H16N2O4/c21-16-5-3-13(8-15(16)18(22)23)17-6-4-14(24-17)11-20-10-12-2-1-7-19-9-12/h1-9,20-21H,10-11H2,(H,22,23). The number of benzene rings is 1. The van der Waals surface area contributed by atoms with Gasteiger partial charge in [-0.3, -0.25) is 4.98 Å². The molecular formula is C18H16N2O4. The molecule has 0 aliphatic carbocycles. The van der Waals surface area contributed by atoms with Gasteiger partial charge in [-0.1, -0.05) is 6.07 Å². The summed E-state index contributed by atoms with van der Waals surface area (Å²) in [7, 11) is 0. The second-order valence-corrected chi connectivity index (χ2v) is 5.27. The lowest BCUT2D eigenvalue weighted by molar-refractivity contribution is 0.0694. The Morgan fingerprint density at radius 3 is 2.79 bits per heavy atom. The zero-order valence-corrected chi connectivity index (χ0v) is 12.8. The van der Waals surface area contributed by atoms with Gasteiger partial charge in [-0.2, -0.15) is 0 Å². The van der Waals surface area contributed by atoms with Crippen LogP contribution in [0.2, 0.25) is 0 Å². The van der Waals surface area contributed by atoms with E-state index in [-0.39, 0.29) is 11.3 Å². The molecule has 0 aliphatic rings. The number of aromatic hydroxyl groups is 1. The topological polar surface area (TPSA) is 95.6 Å². The first-order chi connectivity index (χ1) is 11.6. The van der Waals surface area contributed by atoms with E-state index in [1.165, 1.54) is 12.1 Å². The maximum absolute atomic E-state index is 11.1. The molecule has 0 saturated heterocycles. The van der Waals surface area contributed by atoms with Gasteiger partial charge in [0, 0.05) is 24.5 Å². The summed E-state index contributed by atoms with van der Waals surface area (Å²) >= 11 is 0. The number of nitrogens with one attached hydrogen (secondary N) is 1. The fourth-order valence-corrected chi connectivity index (χ4v) is 2.32. The molecule has 0 saturated carbocycles. The van der Waals surface area contributed by atoms with Crippen LogP contribution >= 0.6 is 0 Å². The number of hydrogen-bond acceptors (Lipinski definition) is 5. The van der Waals surface area contributed by atoms with Crippen LogP contribution in [0.15, 0.2) is 59.3 Å². The number of phenols is 1. The third kappa shape index (κ3) is 3.61. The molecule has 0 atom stereocenters. The summed E-state index contributed by atoms with van der Waals surface area (Å²) in [6.07, 6.45) is 3.52. The molecule has 122 valence electrons. The van der Waals surface area contributed by atoms with Gasteiger partial charge in [-0.15, -0.1) is 0 Å². The van der Waals surface area contributed by atoms with Crippen molar-refractivity contribution in [2.75, 3.05) is 0 Å². The van der Waals surface area contributed by atoms with Gasteiger partial charge in [0.25, 0.3) is 0 Å². The van der Waals surface area contributed by atoms with Gasteiger partial charge >= 0.3 is 5.97 Å². The van der Waals surface area contributed by atoms with Crippen LogP contribution in [-0.4, -0.2) is 21.2 Å². The number of hydrogen-bond donors (Lipinski definition) is 3. The molecule has 0 radical (unpaired) electrons. The van der Waals surface area contributed by atoms with Gasteiger partial charge in [-0.05, 0) is 42.0 Å². The van der Waals surface area contributed by atoms with E-state index >= 15 is 0 Å². The van der Waals surface area contributed by atoms with Gasteiger partial charge < -0.3 is 19.9 Å². The van der Waals surface area contributed by atoms with Gasteiger partial charge in [-0.25, -0.2) is 4.79 Å². The van der Waals surface area contributed by atoms with Crippen LogP contribution in [-0.2, 0) is 13.1 Å². The van der Waals surface area contributed by atoms with Gasteiger partial charge in [0.1, 0.15) is 22.8 Å². The average molecular weight is 324 g/mol. The Bertz CT molecular complexity index is 843. The van der Waals surface area contributed by atoms with Crippen LogP contribution in [0.4, 0.5) is 0 Å². The van der Waals surface area contributed by atoms with Crippen LogP contribution in [0.1, 0.15) is 21.7 Å².